The Morgan fingerprint density at radius 3 is 2.58 bits per heavy atom. The molecular weight excluding hydrogens is 152 g/mol. The zero-order valence-electron chi connectivity index (χ0n) is 7.26. The van der Waals surface area contributed by atoms with Crippen LogP contribution >= 0.6 is 0 Å². The Labute approximate surface area is 72.2 Å². The van der Waals surface area contributed by atoms with Gasteiger partial charge in [-0.3, -0.25) is 0 Å². The van der Waals surface area contributed by atoms with Crippen molar-refractivity contribution in [3.05, 3.63) is 41.8 Å². The molecule has 12 heavy (non-hydrogen) atoms. The van der Waals surface area contributed by atoms with Crippen molar-refractivity contribution in [1.29, 1.82) is 0 Å². The average molecular weight is 163 g/mol. The van der Waals surface area contributed by atoms with Crippen molar-refractivity contribution in [3.63, 3.8) is 0 Å². The molecule has 63 valence electrons. The number of hydrogen-bond donors (Lipinski definition) is 0. The highest BCUT2D eigenvalue weighted by molar-refractivity contribution is 5.89. The lowest BCUT2D eigenvalue weighted by molar-refractivity contribution is 0.0600. The van der Waals surface area contributed by atoms with Crippen molar-refractivity contribution in [2.45, 2.75) is 6.92 Å². The molecule has 0 aliphatic carbocycles. The maximum atomic E-state index is 11.1. The molecule has 2 nitrogen and oxygen atoms in total. The fraction of sp³-hybridized carbons (Fsp3) is 0.200. The molecule has 1 rings (SSSR count). The third-order valence-corrected chi connectivity index (χ3v) is 1.56. The minimum Gasteiger partial charge on any atom is -0.465 e. The lowest BCUT2D eigenvalue weighted by atomic mass is 10.1. The van der Waals surface area contributed by atoms with Crippen LogP contribution in [0.4, 0.5) is 0 Å². The van der Waals surface area contributed by atoms with Gasteiger partial charge in [-0.05, 0) is 31.5 Å². The van der Waals surface area contributed by atoms with Gasteiger partial charge in [0.2, 0.25) is 0 Å². The first-order valence-electron chi connectivity index (χ1n) is 3.65. The number of carbonyl (C=O) groups is 1. The van der Waals surface area contributed by atoms with Crippen molar-refractivity contribution in [2.24, 2.45) is 0 Å². The van der Waals surface area contributed by atoms with Crippen molar-refractivity contribution >= 4 is 5.97 Å². The topological polar surface area (TPSA) is 26.3 Å². The summed E-state index contributed by atoms with van der Waals surface area (Å²) in [6.07, 6.45) is 0. The average Bonchev–Trinajstić information content (AvgIpc) is 2.01. The van der Waals surface area contributed by atoms with Gasteiger partial charge in [-0.25, -0.2) is 4.79 Å². The second kappa shape index (κ2) is 3.39. The van der Waals surface area contributed by atoms with Crippen LogP contribution in [0.15, 0.2) is 18.2 Å². The Kier molecular flexibility index (Phi) is 2.48. The maximum absolute atomic E-state index is 11.1. The van der Waals surface area contributed by atoms with Crippen molar-refractivity contribution in [3.8, 4) is 0 Å². The van der Waals surface area contributed by atoms with Crippen LogP contribution in [-0.4, -0.2) is 13.1 Å². The summed E-state index contributed by atoms with van der Waals surface area (Å²) < 4.78 is 4.58. The zero-order valence-corrected chi connectivity index (χ0v) is 7.26. The quantitative estimate of drug-likeness (QED) is 0.591. The molecule has 0 saturated carbocycles. The van der Waals surface area contributed by atoms with E-state index in [0.717, 1.165) is 11.1 Å². The summed E-state index contributed by atoms with van der Waals surface area (Å²) in [5.74, 6) is -0.316. The van der Waals surface area contributed by atoms with Crippen molar-refractivity contribution in [1.82, 2.24) is 0 Å². The number of benzene rings is 1. The lowest BCUT2D eigenvalue weighted by Gasteiger charge is -2.01. The van der Waals surface area contributed by atoms with Gasteiger partial charge < -0.3 is 4.74 Å². The summed E-state index contributed by atoms with van der Waals surface area (Å²) in [5.41, 5.74) is 2.40. The third-order valence-electron chi connectivity index (χ3n) is 1.56. The van der Waals surface area contributed by atoms with Gasteiger partial charge >= 0.3 is 5.97 Å². The molecule has 0 N–H and O–H groups in total. The third kappa shape index (κ3) is 1.84. The number of rotatable bonds is 1. The SMILES string of the molecule is [CH2]c1cc(C)cc(C(=O)OC)c1. The highest BCUT2D eigenvalue weighted by Gasteiger charge is 2.04. The van der Waals surface area contributed by atoms with Crippen LogP contribution in [0.3, 0.4) is 0 Å². The summed E-state index contributed by atoms with van der Waals surface area (Å²) in [5, 5.41) is 0. The maximum Gasteiger partial charge on any atom is 0.337 e. The standard InChI is InChI=1S/C10H11O2/c1-7-4-8(2)6-9(5-7)10(11)12-3/h4-6H,1H2,2-3H3. The second-order valence-electron chi connectivity index (χ2n) is 2.70. The van der Waals surface area contributed by atoms with Crippen molar-refractivity contribution in [2.75, 3.05) is 7.11 Å². The molecule has 1 radical (unpaired) electrons. The number of aryl methyl sites for hydroxylation is 1. The van der Waals surface area contributed by atoms with E-state index in [4.69, 9.17) is 0 Å². The van der Waals surface area contributed by atoms with Gasteiger partial charge in [0, 0.05) is 0 Å². The van der Waals surface area contributed by atoms with Crippen LogP contribution in [0.1, 0.15) is 21.5 Å². The lowest BCUT2D eigenvalue weighted by Crippen LogP contribution is -2.01. The molecule has 0 amide bonds. The molecule has 0 saturated heterocycles. The second-order valence-corrected chi connectivity index (χ2v) is 2.70. The van der Waals surface area contributed by atoms with Crippen LogP contribution in [0.2, 0.25) is 0 Å². The molecule has 0 unspecified atom stereocenters. The fourth-order valence-corrected chi connectivity index (χ4v) is 1.10. The molecule has 0 aliphatic rings. The summed E-state index contributed by atoms with van der Waals surface area (Å²) in [7, 11) is 1.37. The minimum absolute atomic E-state index is 0.316. The van der Waals surface area contributed by atoms with Crippen LogP contribution < -0.4 is 0 Å². The van der Waals surface area contributed by atoms with Gasteiger partial charge in [-0.15, -0.1) is 0 Å². The van der Waals surface area contributed by atoms with E-state index in [1.807, 2.05) is 13.0 Å². The van der Waals surface area contributed by atoms with Crippen molar-refractivity contribution < 1.29 is 9.53 Å². The van der Waals surface area contributed by atoms with E-state index in [1.54, 1.807) is 12.1 Å². The van der Waals surface area contributed by atoms with Crippen LogP contribution in [-0.2, 0) is 4.74 Å². The first-order valence-corrected chi connectivity index (χ1v) is 3.65. The van der Waals surface area contributed by atoms with Gasteiger partial charge in [0.25, 0.3) is 0 Å². The number of esters is 1. The molecule has 0 aromatic heterocycles. The fourth-order valence-electron chi connectivity index (χ4n) is 1.10. The number of carbonyl (C=O) groups excluding carboxylic acids is 1. The zero-order chi connectivity index (χ0) is 9.14. The summed E-state index contributed by atoms with van der Waals surface area (Å²) >= 11 is 0. The molecule has 2 heteroatoms. The molecule has 0 fully saturated rings. The minimum atomic E-state index is -0.316. The highest BCUT2D eigenvalue weighted by atomic mass is 16.5. The van der Waals surface area contributed by atoms with Gasteiger partial charge in [-0.2, -0.15) is 0 Å². The smallest absolute Gasteiger partial charge is 0.337 e. The largest absolute Gasteiger partial charge is 0.465 e. The Bertz CT molecular complexity index is 282. The molecule has 0 aliphatic heterocycles. The normalized spacial score (nSPS) is 9.58. The summed E-state index contributed by atoms with van der Waals surface area (Å²) in [6.45, 7) is 5.67. The molecule has 0 bridgehead atoms. The number of methoxy groups -OCH3 is 1. The predicted octanol–water partition coefficient (Wildman–Crippen LogP) is 1.96. The van der Waals surface area contributed by atoms with Gasteiger partial charge in [0.15, 0.2) is 0 Å². The van der Waals surface area contributed by atoms with Crippen LogP contribution in [0, 0.1) is 13.8 Å². The van der Waals surface area contributed by atoms with E-state index < -0.39 is 0 Å². The van der Waals surface area contributed by atoms with E-state index in [2.05, 4.69) is 11.7 Å². The van der Waals surface area contributed by atoms with Crippen LogP contribution in [0.25, 0.3) is 0 Å². The summed E-state index contributed by atoms with van der Waals surface area (Å²) in [6, 6.07) is 5.39. The first-order chi connectivity index (χ1) is 5.63. The van der Waals surface area contributed by atoms with E-state index >= 15 is 0 Å². The summed E-state index contributed by atoms with van der Waals surface area (Å²) in [4.78, 5) is 11.1. The van der Waals surface area contributed by atoms with E-state index in [1.165, 1.54) is 7.11 Å². The molecule has 1 aromatic carbocycles. The number of hydrogen-bond acceptors (Lipinski definition) is 2. The van der Waals surface area contributed by atoms with Gasteiger partial charge in [-0.1, -0.05) is 11.6 Å². The molecule has 1 aromatic rings. The number of ether oxygens (including phenoxy) is 1. The van der Waals surface area contributed by atoms with E-state index in [0.29, 0.717) is 5.56 Å². The molecule has 0 atom stereocenters. The predicted molar refractivity (Wildman–Crippen MR) is 47.0 cm³/mol. The van der Waals surface area contributed by atoms with Gasteiger partial charge in [0.1, 0.15) is 0 Å². The first kappa shape index (κ1) is 8.78. The van der Waals surface area contributed by atoms with E-state index in [9.17, 15) is 4.79 Å². The Hall–Kier alpha value is -1.31. The monoisotopic (exact) mass is 163 g/mol. The molecule has 0 heterocycles. The Balaban J connectivity index is 3.08. The Morgan fingerprint density at radius 1 is 1.42 bits per heavy atom. The van der Waals surface area contributed by atoms with E-state index in [-0.39, 0.29) is 5.97 Å². The Morgan fingerprint density at radius 2 is 2.08 bits per heavy atom. The van der Waals surface area contributed by atoms with Gasteiger partial charge in [0.05, 0.1) is 12.7 Å². The highest BCUT2D eigenvalue weighted by Crippen LogP contribution is 2.09. The molecular formula is C10H11O2. The molecule has 0 spiro atoms. The van der Waals surface area contributed by atoms with Crippen LogP contribution in [0.5, 0.6) is 0 Å².